The van der Waals surface area contributed by atoms with Gasteiger partial charge in [-0.2, -0.15) is 13.2 Å². The predicted molar refractivity (Wildman–Crippen MR) is 70.9 cm³/mol. The summed E-state index contributed by atoms with van der Waals surface area (Å²) in [7, 11) is 0. The Balaban J connectivity index is 1.91. The van der Waals surface area contributed by atoms with Gasteiger partial charge in [-0.05, 0) is 44.1 Å². The van der Waals surface area contributed by atoms with Crippen molar-refractivity contribution in [3.05, 3.63) is 0 Å². The highest BCUT2D eigenvalue weighted by molar-refractivity contribution is 4.87. The molecule has 0 heterocycles. The number of nitrogens with one attached hydrogen (secondary N) is 1. The van der Waals surface area contributed by atoms with Gasteiger partial charge in [-0.1, -0.05) is 32.6 Å². The number of hydrogen-bond donors (Lipinski definition) is 1. The molecule has 2 aliphatic rings. The van der Waals surface area contributed by atoms with Crippen LogP contribution in [0.4, 0.5) is 13.2 Å². The molecule has 2 saturated carbocycles. The minimum atomic E-state index is -3.99. The maximum atomic E-state index is 12.9. The van der Waals surface area contributed by atoms with Gasteiger partial charge in [0.15, 0.2) is 0 Å². The second-order valence-electron chi connectivity index (χ2n) is 6.36. The Morgan fingerprint density at radius 1 is 1.11 bits per heavy atom. The summed E-state index contributed by atoms with van der Waals surface area (Å²) < 4.78 is 38.7. The van der Waals surface area contributed by atoms with Crippen LogP contribution in [0, 0.1) is 17.8 Å². The number of hydrogen-bond acceptors (Lipinski definition) is 1. The van der Waals surface area contributed by atoms with Crippen molar-refractivity contribution >= 4 is 0 Å². The highest BCUT2D eigenvalue weighted by atomic mass is 19.4. The molecule has 1 nitrogen and oxygen atoms in total. The van der Waals surface area contributed by atoms with Crippen LogP contribution in [0.15, 0.2) is 0 Å². The molecule has 0 aliphatic heterocycles. The molecule has 0 aromatic carbocycles. The van der Waals surface area contributed by atoms with Crippen LogP contribution in [-0.4, -0.2) is 18.8 Å². The Hall–Kier alpha value is -0.250. The minimum Gasteiger partial charge on any atom is -0.314 e. The van der Waals surface area contributed by atoms with Gasteiger partial charge >= 0.3 is 6.18 Å². The molecule has 3 atom stereocenters. The Kier molecular flexibility index (Phi) is 5.15. The molecule has 0 spiro atoms. The van der Waals surface area contributed by atoms with Crippen LogP contribution < -0.4 is 5.32 Å². The average Bonchev–Trinajstić information content (AvgIpc) is 2.31. The lowest BCUT2D eigenvalue weighted by molar-refractivity contribution is -0.186. The first-order chi connectivity index (χ1) is 9.00. The molecule has 112 valence electrons. The molecule has 4 heteroatoms. The predicted octanol–water partition coefficient (Wildman–Crippen LogP) is 4.52. The zero-order chi connectivity index (χ0) is 13.9. The third-order valence-electron chi connectivity index (χ3n) is 5.03. The highest BCUT2D eigenvalue weighted by Gasteiger charge is 2.43. The first-order valence-electron chi connectivity index (χ1n) is 7.80. The van der Waals surface area contributed by atoms with Crippen molar-refractivity contribution in [3.63, 3.8) is 0 Å². The Morgan fingerprint density at radius 2 is 1.79 bits per heavy atom. The summed E-state index contributed by atoms with van der Waals surface area (Å²) >= 11 is 0. The lowest BCUT2D eigenvalue weighted by atomic mass is 9.72. The van der Waals surface area contributed by atoms with E-state index in [1.807, 2.05) is 0 Å². The molecular weight excluding hydrogens is 251 g/mol. The van der Waals surface area contributed by atoms with Crippen molar-refractivity contribution in [2.24, 2.45) is 17.8 Å². The smallest absolute Gasteiger partial charge is 0.314 e. The standard InChI is InChI=1S/C15H26F3N/c1-2-19-14(9-11-5-3-6-11)12-7-4-8-13(10-12)15(16,17)18/h11-14,19H,2-10H2,1H3. The fourth-order valence-corrected chi connectivity index (χ4v) is 3.68. The zero-order valence-electron chi connectivity index (χ0n) is 11.8. The summed E-state index contributed by atoms with van der Waals surface area (Å²) in [5.74, 6) is -0.0787. The summed E-state index contributed by atoms with van der Waals surface area (Å²) in [5, 5.41) is 3.46. The van der Waals surface area contributed by atoms with E-state index in [0.717, 1.165) is 31.7 Å². The molecule has 0 aromatic heterocycles. The van der Waals surface area contributed by atoms with Crippen LogP contribution in [0.2, 0.25) is 0 Å². The van der Waals surface area contributed by atoms with Crippen LogP contribution in [0.25, 0.3) is 0 Å². The lowest BCUT2D eigenvalue weighted by Gasteiger charge is -2.38. The molecule has 2 fully saturated rings. The molecule has 0 saturated heterocycles. The summed E-state index contributed by atoms with van der Waals surface area (Å²) in [5.41, 5.74) is 0. The van der Waals surface area contributed by atoms with E-state index in [9.17, 15) is 13.2 Å². The van der Waals surface area contributed by atoms with E-state index in [2.05, 4.69) is 12.2 Å². The van der Waals surface area contributed by atoms with E-state index in [1.165, 1.54) is 19.3 Å². The summed E-state index contributed by atoms with van der Waals surface area (Å²) in [4.78, 5) is 0. The van der Waals surface area contributed by atoms with E-state index in [-0.39, 0.29) is 5.92 Å². The van der Waals surface area contributed by atoms with Crippen molar-refractivity contribution in [2.75, 3.05) is 6.54 Å². The van der Waals surface area contributed by atoms with Gasteiger partial charge < -0.3 is 5.32 Å². The minimum absolute atomic E-state index is 0.223. The van der Waals surface area contributed by atoms with Crippen molar-refractivity contribution in [1.82, 2.24) is 5.32 Å². The van der Waals surface area contributed by atoms with Gasteiger partial charge in [-0.3, -0.25) is 0 Å². The van der Waals surface area contributed by atoms with E-state index in [4.69, 9.17) is 0 Å². The molecule has 19 heavy (non-hydrogen) atoms. The first-order valence-corrected chi connectivity index (χ1v) is 7.80. The van der Waals surface area contributed by atoms with E-state index in [0.29, 0.717) is 18.9 Å². The molecule has 2 aliphatic carbocycles. The maximum Gasteiger partial charge on any atom is 0.391 e. The van der Waals surface area contributed by atoms with Gasteiger partial charge in [0.25, 0.3) is 0 Å². The Bertz CT molecular complexity index is 273. The number of alkyl halides is 3. The molecule has 2 rings (SSSR count). The quantitative estimate of drug-likeness (QED) is 0.779. The topological polar surface area (TPSA) is 12.0 Å². The van der Waals surface area contributed by atoms with Gasteiger partial charge in [-0.25, -0.2) is 0 Å². The number of halogens is 3. The lowest BCUT2D eigenvalue weighted by Crippen LogP contribution is -2.42. The first kappa shape index (κ1) is 15.1. The Morgan fingerprint density at radius 3 is 2.32 bits per heavy atom. The molecule has 0 bridgehead atoms. The third kappa shape index (κ3) is 4.11. The fraction of sp³-hybridized carbons (Fsp3) is 1.00. The summed E-state index contributed by atoms with van der Waals surface area (Å²) in [6.45, 7) is 2.92. The molecular formula is C15H26F3N. The van der Waals surface area contributed by atoms with Crippen LogP contribution in [-0.2, 0) is 0 Å². The number of rotatable bonds is 5. The van der Waals surface area contributed by atoms with Crippen molar-refractivity contribution in [3.8, 4) is 0 Å². The average molecular weight is 277 g/mol. The Labute approximate surface area is 114 Å². The second kappa shape index (κ2) is 6.47. The summed E-state index contributed by atoms with van der Waals surface area (Å²) in [6.07, 6.45) is 3.33. The van der Waals surface area contributed by atoms with Gasteiger partial charge in [0.1, 0.15) is 0 Å². The van der Waals surface area contributed by atoms with Crippen LogP contribution in [0.5, 0.6) is 0 Å². The monoisotopic (exact) mass is 277 g/mol. The molecule has 0 aromatic rings. The van der Waals surface area contributed by atoms with Crippen molar-refractivity contribution < 1.29 is 13.2 Å². The van der Waals surface area contributed by atoms with Crippen molar-refractivity contribution in [2.45, 2.75) is 70.5 Å². The fourth-order valence-electron chi connectivity index (χ4n) is 3.68. The molecule has 1 N–H and O–H groups in total. The zero-order valence-corrected chi connectivity index (χ0v) is 11.8. The largest absolute Gasteiger partial charge is 0.391 e. The molecule has 0 amide bonds. The molecule has 0 radical (unpaired) electrons. The van der Waals surface area contributed by atoms with E-state index in [1.54, 1.807) is 0 Å². The maximum absolute atomic E-state index is 12.9. The van der Waals surface area contributed by atoms with Crippen molar-refractivity contribution in [1.29, 1.82) is 0 Å². The van der Waals surface area contributed by atoms with Crippen LogP contribution in [0.1, 0.15) is 58.3 Å². The molecule has 3 unspecified atom stereocenters. The second-order valence-corrected chi connectivity index (χ2v) is 6.36. The van der Waals surface area contributed by atoms with Gasteiger partial charge in [0.05, 0.1) is 5.92 Å². The SMILES string of the molecule is CCNC(CC1CCC1)C1CCCC(C(F)(F)F)C1. The normalized spacial score (nSPS) is 30.9. The van der Waals surface area contributed by atoms with Gasteiger partial charge in [-0.15, -0.1) is 0 Å². The summed E-state index contributed by atoms with van der Waals surface area (Å²) in [6, 6.07) is 0.306. The van der Waals surface area contributed by atoms with Crippen LogP contribution >= 0.6 is 0 Å². The van der Waals surface area contributed by atoms with E-state index >= 15 is 0 Å². The van der Waals surface area contributed by atoms with Gasteiger partial charge in [0, 0.05) is 6.04 Å². The third-order valence-corrected chi connectivity index (χ3v) is 5.03. The van der Waals surface area contributed by atoms with Crippen LogP contribution in [0.3, 0.4) is 0 Å². The van der Waals surface area contributed by atoms with E-state index < -0.39 is 12.1 Å². The van der Waals surface area contributed by atoms with Gasteiger partial charge in [0.2, 0.25) is 0 Å². The highest BCUT2D eigenvalue weighted by Crippen LogP contribution is 2.42.